The van der Waals surface area contributed by atoms with E-state index in [4.69, 9.17) is 18.9 Å². The first-order valence-corrected chi connectivity index (χ1v) is 11.8. The van der Waals surface area contributed by atoms with Crippen molar-refractivity contribution in [2.24, 2.45) is 23.7 Å². The zero-order valence-electron chi connectivity index (χ0n) is 19.1. The van der Waals surface area contributed by atoms with E-state index in [1.807, 2.05) is 12.1 Å². The average molecular weight is 451 g/mol. The molecule has 0 amide bonds. The van der Waals surface area contributed by atoms with Gasteiger partial charge in [0.15, 0.2) is 0 Å². The van der Waals surface area contributed by atoms with Gasteiger partial charge in [0.2, 0.25) is 0 Å². The molecular weight excluding hydrogens is 420 g/mol. The molecule has 0 aromatic heterocycles. The molecule has 3 fully saturated rings. The van der Waals surface area contributed by atoms with E-state index in [1.165, 1.54) is 27.1 Å². The molecule has 0 N–H and O–H groups in total. The molecular formula is C27H30O6. The highest BCUT2D eigenvalue weighted by Gasteiger charge is 2.61. The van der Waals surface area contributed by atoms with Crippen molar-refractivity contribution >= 4 is 11.9 Å². The zero-order chi connectivity index (χ0) is 22.9. The molecule has 174 valence electrons. The van der Waals surface area contributed by atoms with Crippen molar-refractivity contribution in [1.82, 2.24) is 0 Å². The molecule has 3 aliphatic carbocycles. The minimum atomic E-state index is -0.453. The third-order valence-corrected chi connectivity index (χ3v) is 7.83. The Morgan fingerprint density at radius 3 is 1.52 bits per heavy atom. The summed E-state index contributed by atoms with van der Waals surface area (Å²) in [5, 5.41) is 0. The summed E-state index contributed by atoms with van der Waals surface area (Å²) in [7, 11) is 3.07. The maximum atomic E-state index is 13.2. The van der Waals surface area contributed by atoms with Gasteiger partial charge >= 0.3 is 11.9 Å². The molecule has 0 saturated heterocycles. The third-order valence-electron chi connectivity index (χ3n) is 7.83. The van der Waals surface area contributed by atoms with Gasteiger partial charge in [0.1, 0.15) is 34.8 Å². The topological polar surface area (TPSA) is 71.1 Å². The van der Waals surface area contributed by atoms with E-state index in [9.17, 15) is 9.59 Å². The zero-order valence-corrected chi connectivity index (χ0v) is 19.1. The smallest absolute Gasteiger partial charge is 0.342 e. The van der Waals surface area contributed by atoms with Crippen LogP contribution in [0.5, 0.6) is 11.5 Å². The average Bonchev–Trinajstić information content (AvgIpc) is 3.41. The number of esters is 2. The molecule has 6 atom stereocenters. The normalized spacial score (nSPS) is 29.8. The molecule has 0 spiro atoms. The predicted molar refractivity (Wildman–Crippen MR) is 121 cm³/mol. The number of ether oxygens (including phenoxy) is 4. The van der Waals surface area contributed by atoms with E-state index in [2.05, 4.69) is 0 Å². The quantitative estimate of drug-likeness (QED) is 0.583. The fraction of sp³-hybridized carbons (Fsp3) is 0.481. The second kappa shape index (κ2) is 9.08. The van der Waals surface area contributed by atoms with E-state index < -0.39 is 24.1 Å². The first-order valence-electron chi connectivity index (χ1n) is 11.8. The van der Waals surface area contributed by atoms with Crippen LogP contribution in [0.1, 0.15) is 52.8 Å². The van der Waals surface area contributed by atoms with Gasteiger partial charge in [0, 0.05) is 11.8 Å². The Labute approximate surface area is 194 Å². The van der Waals surface area contributed by atoms with Crippen LogP contribution in [-0.2, 0) is 9.47 Å². The number of hydrogen-bond acceptors (Lipinski definition) is 6. The maximum Gasteiger partial charge on any atom is 0.342 e. The first-order chi connectivity index (χ1) is 16.1. The lowest BCUT2D eigenvalue weighted by molar-refractivity contribution is -0.0873. The van der Waals surface area contributed by atoms with Gasteiger partial charge < -0.3 is 18.9 Å². The molecule has 3 aliphatic rings. The van der Waals surface area contributed by atoms with Crippen LogP contribution >= 0.6 is 0 Å². The van der Waals surface area contributed by atoms with Gasteiger partial charge in [-0.2, -0.15) is 0 Å². The molecule has 6 nitrogen and oxygen atoms in total. The van der Waals surface area contributed by atoms with Crippen LogP contribution in [0.15, 0.2) is 48.5 Å². The highest BCUT2D eigenvalue weighted by Crippen LogP contribution is 2.59. The van der Waals surface area contributed by atoms with Crippen molar-refractivity contribution in [3.8, 4) is 11.5 Å². The van der Waals surface area contributed by atoms with Crippen molar-refractivity contribution in [1.29, 1.82) is 0 Å². The van der Waals surface area contributed by atoms with E-state index in [-0.39, 0.29) is 11.8 Å². The second-order valence-electron chi connectivity index (χ2n) is 9.32. The highest BCUT2D eigenvalue weighted by atomic mass is 16.6. The summed E-state index contributed by atoms with van der Waals surface area (Å²) in [6.45, 7) is 0. The number of carbonyl (C=O) groups is 2. The maximum absolute atomic E-state index is 13.2. The van der Waals surface area contributed by atoms with Crippen LogP contribution < -0.4 is 9.47 Å². The Morgan fingerprint density at radius 1 is 0.667 bits per heavy atom. The number of carbonyl (C=O) groups excluding carboxylic acids is 2. The van der Waals surface area contributed by atoms with E-state index >= 15 is 0 Å². The van der Waals surface area contributed by atoms with Crippen LogP contribution in [0.25, 0.3) is 0 Å². The molecule has 2 bridgehead atoms. The summed E-state index contributed by atoms with van der Waals surface area (Å²) in [5.74, 6) is 1.57. The first kappa shape index (κ1) is 21.8. The van der Waals surface area contributed by atoms with Crippen LogP contribution in [-0.4, -0.2) is 38.4 Å². The van der Waals surface area contributed by atoms with Crippen molar-refractivity contribution in [3.05, 3.63) is 59.7 Å². The lowest BCUT2D eigenvalue weighted by Gasteiger charge is -2.42. The van der Waals surface area contributed by atoms with Crippen molar-refractivity contribution in [2.75, 3.05) is 14.2 Å². The lowest BCUT2D eigenvalue weighted by atomic mass is 9.69. The summed E-state index contributed by atoms with van der Waals surface area (Å²) in [6.07, 6.45) is 4.76. The Morgan fingerprint density at radius 2 is 1.09 bits per heavy atom. The summed E-state index contributed by atoms with van der Waals surface area (Å²) < 4.78 is 22.9. The van der Waals surface area contributed by atoms with Crippen molar-refractivity contribution < 1.29 is 28.5 Å². The van der Waals surface area contributed by atoms with Crippen LogP contribution in [0, 0.1) is 23.7 Å². The summed E-state index contributed by atoms with van der Waals surface area (Å²) in [6, 6.07) is 14.1. The Kier molecular flexibility index (Phi) is 6.00. The fourth-order valence-electron chi connectivity index (χ4n) is 6.47. The Hall–Kier alpha value is -3.02. The molecule has 5 rings (SSSR count). The molecule has 6 unspecified atom stereocenters. The number of methoxy groups -OCH3 is 2. The Balaban J connectivity index is 1.42. The molecule has 6 heteroatoms. The van der Waals surface area contributed by atoms with Crippen LogP contribution in [0.4, 0.5) is 0 Å². The summed E-state index contributed by atoms with van der Waals surface area (Å²) in [5.41, 5.74) is 0.774. The van der Waals surface area contributed by atoms with Gasteiger partial charge in [-0.15, -0.1) is 0 Å². The molecule has 3 saturated carbocycles. The SMILES string of the molecule is COc1ccccc1C(=O)OC1C2CC(C3CCCCC32)C1OC(=O)c1ccccc1OC. The van der Waals surface area contributed by atoms with Gasteiger partial charge in [0.25, 0.3) is 0 Å². The molecule has 0 radical (unpaired) electrons. The van der Waals surface area contributed by atoms with E-state index in [0.29, 0.717) is 34.5 Å². The van der Waals surface area contributed by atoms with Gasteiger partial charge in [-0.1, -0.05) is 37.1 Å². The standard InChI is InChI=1S/C27H30O6/c1-30-22-13-7-5-11-18(22)26(28)32-24-20-15-21(17-10-4-3-9-16(17)20)25(24)33-27(29)19-12-6-8-14-23(19)31-2/h5-8,11-14,16-17,20-21,24-25H,3-4,9-10,15H2,1-2H3. The summed E-state index contributed by atoms with van der Waals surface area (Å²) in [4.78, 5) is 26.3. The fourth-order valence-corrected chi connectivity index (χ4v) is 6.47. The molecule has 2 aromatic rings. The molecule has 33 heavy (non-hydrogen) atoms. The molecule has 0 aliphatic heterocycles. The van der Waals surface area contributed by atoms with Crippen molar-refractivity contribution in [3.63, 3.8) is 0 Å². The van der Waals surface area contributed by atoms with E-state index in [1.54, 1.807) is 36.4 Å². The van der Waals surface area contributed by atoms with Crippen molar-refractivity contribution in [2.45, 2.75) is 44.3 Å². The molecule has 0 heterocycles. The number of hydrogen-bond donors (Lipinski definition) is 0. The minimum Gasteiger partial charge on any atom is -0.496 e. The third kappa shape index (κ3) is 3.85. The highest BCUT2D eigenvalue weighted by molar-refractivity contribution is 5.93. The molecule has 2 aromatic carbocycles. The van der Waals surface area contributed by atoms with E-state index in [0.717, 1.165) is 19.3 Å². The lowest BCUT2D eigenvalue weighted by Crippen LogP contribution is -2.47. The predicted octanol–water partition coefficient (Wildman–Crippen LogP) is 4.91. The monoisotopic (exact) mass is 450 g/mol. The number of fused-ring (bicyclic) bond motifs is 5. The number of para-hydroxylation sites is 2. The Bertz CT molecular complexity index is 951. The number of benzene rings is 2. The number of rotatable bonds is 6. The van der Waals surface area contributed by atoms with Gasteiger partial charge in [-0.3, -0.25) is 0 Å². The van der Waals surface area contributed by atoms with Crippen LogP contribution in [0.2, 0.25) is 0 Å². The van der Waals surface area contributed by atoms with Gasteiger partial charge in [-0.05, 0) is 55.4 Å². The second-order valence-corrected chi connectivity index (χ2v) is 9.32. The van der Waals surface area contributed by atoms with Crippen LogP contribution in [0.3, 0.4) is 0 Å². The van der Waals surface area contributed by atoms with Gasteiger partial charge in [0.05, 0.1) is 14.2 Å². The largest absolute Gasteiger partial charge is 0.496 e. The summed E-state index contributed by atoms with van der Waals surface area (Å²) >= 11 is 0. The van der Waals surface area contributed by atoms with Gasteiger partial charge in [-0.25, -0.2) is 9.59 Å². The minimum absolute atomic E-state index is 0.217.